The van der Waals surface area contributed by atoms with Crippen molar-refractivity contribution in [1.29, 1.82) is 0 Å². The molecule has 0 radical (unpaired) electrons. The molecule has 0 aromatic rings. The molecule has 30 heavy (non-hydrogen) atoms. The van der Waals surface area contributed by atoms with E-state index in [2.05, 4.69) is 13.8 Å². The fraction of sp³-hybridized carbons (Fsp3) is 0.880. The Labute approximate surface area is 180 Å². The summed E-state index contributed by atoms with van der Waals surface area (Å²) in [6.45, 7) is 8.16. The number of hydrogen-bond donors (Lipinski definition) is 0. The summed E-state index contributed by atoms with van der Waals surface area (Å²) in [5.41, 5.74) is -0.0449. The zero-order valence-electron chi connectivity index (χ0n) is 19.2. The monoisotopic (exact) mass is 418 g/mol. The van der Waals surface area contributed by atoms with Crippen molar-refractivity contribution in [3.63, 3.8) is 0 Å². The molecule has 0 spiro atoms. The lowest BCUT2D eigenvalue weighted by Gasteiger charge is -2.62. The van der Waals surface area contributed by atoms with Crippen LogP contribution in [-0.2, 0) is 23.9 Å². The van der Waals surface area contributed by atoms with Crippen LogP contribution in [0.1, 0.15) is 79.1 Å². The van der Waals surface area contributed by atoms with Gasteiger partial charge in [-0.1, -0.05) is 20.8 Å². The van der Waals surface area contributed by atoms with E-state index in [-0.39, 0.29) is 40.7 Å². The Morgan fingerprint density at radius 2 is 1.83 bits per heavy atom. The fourth-order valence-corrected chi connectivity index (χ4v) is 8.56. The van der Waals surface area contributed by atoms with Gasteiger partial charge in [0, 0.05) is 25.2 Å². The molecule has 0 heterocycles. The first-order valence-corrected chi connectivity index (χ1v) is 11.9. The molecule has 0 aliphatic heterocycles. The van der Waals surface area contributed by atoms with Gasteiger partial charge in [-0.2, -0.15) is 0 Å². The molecular formula is C25H38O5. The van der Waals surface area contributed by atoms with Crippen LogP contribution in [0, 0.1) is 46.3 Å². The van der Waals surface area contributed by atoms with Crippen molar-refractivity contribution in [2.24, 2.45) is 46.3 Å². The Hall–Kier alpha value is -1.39. The number of hydrogen-bond acceptors (Lipinski definition) is 5. The number of Topliss-reactive ketones (excluding diaryl/α,β-unsaturated/α-hetero) is 1. The van der Waals surface area contributed by atoms with E-state index in [0.717, 1.165) is 44.9 Å². The summed E-state index contributed by atoms with van der Waals surface area (Å²) in [5.74, 6) is 1.99. The van der Waals surface area contributed by atoms with Crippen LogP contribution in [0.3, 0.4) is 0 Å². The Morgan fingerprint density at radius 1 is 1.10 bits per heavy atom. The predicted octanol–water partition coefficient (Wildman–Crippen LogP) is 4.57. The smallest absolute Gasteiger partial charge is 0.308 e. The summed E-state index contributed by atoms with van der Waals surface area (Å²) in [6.07, 6.45) is 7.43. The van der Waals surface area contributed by atoms with Crippen LogP contribution in [-0.4, -0.2) is 30.9 Å². The van der Waals surface area contributed by atoms with E-state index < -0.39 is 0 Å². The van der Waals surface area contributed by atoms with Crippen LogP contribution >= 0.6 is 0 Å². The maximum Gasteiger partial charge on any atom is 0.308 e. The van der Waals surface area contributed by atoms with Gasteiger partial charge >= 0.3 is 11.9 Å². The van der Waals surface area contributed by atoms with Crippen LogP contribution in [0.2, 0.25) is 0 Å². The van der Waals surface area contributed by atoms with Gasteiger partial charge < -0.3 is 9.47 Å². The lowest BCUT2D eigenvalue weighted by Crippen LogP contribution is -2.59. The van der Waals surface area contributed by atoms with Gasteiger partial charge in [-0.15, -0.1) is 0 Å². The third-order valence-electron chi connectivity index (χ3n) is 10.1. The van der Waals surface area contributed by atoms with Crippen molar-refractivity contribution in [1.82, 2.24) is 0 Å². The van der Waals surface area contributed by atoms with Crippen LogP contribution < -0.4 is 0 Å². The van der Waals surface area contributed by atoms with Gasteiger partial charge in [0.05, 0.1) is 13.0 Å². The van der Waals surface area contributed by atoms with Crippen molar-refractivity contribution >= 4 is 17.7 Å². The third kappa shape index (κ3) is 3.14. The molecule has 5 heteroatoms. The highest BCUT2D eigenvalue weighted by atomic mass is 16.5. The van der Waals surface area contributed by atoms with Gasteiger partial charge in [-0.3, -0.25) is 14.4 Å². The fourth-order valence-electron chi connectivity index (χ4n) is 8.56. The number of carbonyl (C=O) groups excluding carboxylic acids is 3. The number of fused-ring (bicyclic) bond motifs is 5. The lowest BCUT2D eigenvalue weighted by atomic mass is 9.44. The van der Waals surface area contributed by atoms with E-state index in [0.29, 0.717) is 35.9 Å². The Kier molecular flexibility index (Phi) is 5.55. The van der Waals surface area contributed by atoms with Crippen molar-refractivity contribution in [3.05, 3.63) is 0 Å². The second-order valence-corrected chi connectivity index (χ2v) is 11.1. The topological polar surface area (TPSA) is 69.7 Å². The molecule has 5 nitrogen and oxygen atoms in total. The van der Waals surface area contributed by atoms with E-state index in [1.165, 1.54) is 14.0 Å². The Balaban J connectivity index is 1.70. The highest BCUT2D eigenvalue weighted by Crippen LogP contribution is 2.68. The molecule has 0 aromatic carbocycles. The summed E-state index contributed by atoms with van der Waals surface area (Å²) in [7, 11) is 1.46. The van der Waals surface area contributed by atoms with Crippen LogP contribution in [0.5, 0.6) is 0 Å². The molecule has 168 valence electrons. The normalized spacial score (nSPS) is 46.2. The SMILES string of the molecule is COC(=O)[C@@H](C)[C@@H]1CC[C@@H]2[C@@H]3CC[C@@H]4CC(=O)CC[C@]4(C)[C@@H]3C[C@H](OC(C)=O)[C@@]21C. The molecule has 4 saturated carbocycles. The zero-order valence-corrected chi connectivity index (χ0v) is 19.2. The summed E-state index contributed by atoms with van der Waals surface area (Å²) < 4.78 is 11.1. The number of esters is 2. The lowest BCUT2D eigenvalue weighted by molar-refractivity contribution is -0.194. The zero-order chi connectivity index (χ0) is 21.8. The van der Waals surface area contributed by atoms with E-state index in [4.69, 9.17) is 9.47 Å². The summed E-state index contributed by atoms with van der Waals surface area (Å²) in [4.78, 5) is 36.7. The molecule has 4 aliphatic rings. The van der Waals surface area contributed by atoms with Crippen molar-refractivity contribution in [3.8, 4) is 0 Å². The maximum atomic E-state index is 12.4. The number of ether oxygens (including phenoxy) is 2. The molecule has 4 rings (SSSR count). The summed E-state index contributed by atoms with van der Waals surface area (Å²) in [5, 5.41) is 0. The number of ketones is 1. The first kappa shape index (κ1) is 21.8. The second-order valence-electron chi connectivity index (χ2n) is 11.1. The third-order valence-corrected chi connectivity index (χ3v) is 10.1. The maximum absolute atomic E-state index is 12.4. The van der Waals surface area contributed by atoms with E-state index in [1.54, 1.807) is 0 Å². The van der Waals surface area contributed by atoms with Gasteiger partial charge in [0.15, 0.2) is 0 Å². The molecule has 0 amide bonds. The molecule has 0 saturated heterocycles. The van der Waals surface area contributed by atoms with Crippen LogP contribution in [0.4, 0.5) is 0 Å². The molecule has 4 aliphatic carbocycles. The van der Waals surface area contributed by atoms with Crippen LogP contribution in [0.25, 0.3) is 0 Å². The average Bonchev–Trinajstić information content (AvgIpc) is 3.06. The minimum atomic E-state index is -0.230. The highest BCUT2D eigenvalue weighted by molar-refractivity contribution is 5.79. The standard InChI is InChI=1S/C25H38O5/c1-14(23(28)29-5)19-8-9-20-18-7-6-16-12-17(27)10-11-24(16,3)21(18)13-22(25(19,20)4)30-15(2)26/h14,16,18-22H,6-13H2,1-5H3/t14-,16+,18-,19-,20+,21+,22-,24-,25+/m0/s1. The molecular weight excluding hydrogens is 380 g/mol. The molecule has 0 unspecified atom stereocenters. The van der Waals surface area contributed by atoms with Crippen LogP contribution in [0.15, 0.2) is 0 Å². The van der Waals surface area contributed by atoms with Crippen molar-refractivity contribution in [2.75, 3.05) is 7.11 Å². The largest absolute Gasteiger partial charge is 0.469 e. The number of rotatable bonds is 3. The minimum absolute atomic E-state index is 0.155. The summed E-state index contributed by atoms with van der Waals surface area (Å²) >= 11 is 0. The first-order chi connectivity index (χ1) is 14.1. The van der Waals surface area contributed by atoms with Gasteiger partial charge in [0.1, 0.15) is 11.9 Å². The van der Waals surface area contributed by atoms with Gasteiger partial charge in [0.25, 0.3) is 0 Å². The van der Waals surface area contributed by atoms with Crippen molar-refractivity contribution in [2.45, 2.75) is 85.2 Å². The number of methoxy groups -OCH3 is 1. The van der Waals surface area contributed by atoms with Crippen molar-refractivity contribution < 1.29 is 23.9 Å². The Morgan fingerprint density at radius 3 is 2.50 bits per heavy atom. The molecule has 4 fully saturated rings. The molecule has 0 N–H and O–H groups in total. The predicted molar refractivity (Wildman–Crippen MR) is 112 cm³/mol. The summed E-state index contributed by atoms with van der Waals surface area (Å²) in [6, 6.07) is 0. The Bertz CT molecular complexity index is 731. The van der Waals surface area contributed by atoms with E-state index >= 15 is 0 Å². The number of carbonyl (C=O) groups is 3. The van der Waals surface area contributed by atoms with Gasteiger partial charge in [0.2, 0.25) is 0 Å². The average molecular weight is 419 g/mol. The van der Waals surface area contributed by atoms with E-state index in [1.807, 2.05) is 6.92 Å². The van der Waals surface area contributed by atoms with Gasteiger partial charge in [-0.25, -0.2) is 0 Å². The molecule has 0 aromatic heterocycles. The van der Waals surface area contributed by atoms with E-state index in [9.17, 15) is 14.4 Å². The van der Waals surface area contributed by atoms with Gasteiger partial charge in [-0.05, 0) is 73.5 Å². The molecule has 9 atom stereocenters. The highest BCUT2D eigenvalue weighted by Gasteiger charge is 2.65. The first-order valence-electron chi connectivity index (χ1n) is 11.9. The molecule has 0 bridgehead atoms. The minimum Gasteiger partial charge on any atom is -0.469 e. The second kappa shape index (κ2) is 7.63. The quantitative estimate of drug-likeness (QED) is 0.628.